The standard InChI is InChI=1S/C17H22N2O/c1-4-20-17-7-5-15(6-8-17)16-9-14(10-18-12-16)11-19-13(2)3/h5-10,12-13,19H,4,11H2,1-3H3. The molecule has 1 aromatic carbocycles. The van der Waals surface area contributed by atoms with Crippen LogP contribution in [-0.2, 0) is 6.54 Å². The lowest BCUT2D eigenvalue weighted by atomic mass is 10.1. The SMILES string of the molecule is CCOc1ccc(-c2cncc(CNC(C)C)c2)cc1. The molecule has 1 N–H and O–H groups in total. The predicted octanol–water partition coefficient (Wildman–Crippen LogP) is 3.65. The van der Waals surface area contributed by atoms with Crippen LogP contribution in [0.2, 0.25) is 0 Å². The van der Waals surface area contributed by atoms with Crippen LogP contribution in [-0.4, -0.2) is 17.6 Å². The molecule has 2 rings (SSSR count). The highest BCUT2D eigenvalue weighted by atomic mass is 16.5. The predicted molar refractivity (Wildman–Crippen MR) is 82.8 cm³/mol. The van der Waals surface area contributed by atoms with Gasteiger partial charge in [-0.05, 0) is 36.2 Å². The molecule has 0 unspecified atom stereocenters. The van der Waals surface area contributed by atoms with E-state index < -0.39 is 0 Å². The van der Waals surface area contributed by atoms with Crippen molar-refractivity contribution in [2.75, 3.05) is 6.61 Å². The molecule has 0 spiro atoms. The summed E-state index contributed by atoms with van der Waals surface area (Å²) < 4.78 is 5.46. The smallest absolute Gasteiger partial charge is 0.119 e. The van der Waals surface area contributed by atoms with E-state index in [1.165, 1.54) is 5.56 Å². The average Bonchev–Trinajstić information content (AvgIpc) is 2.47. The lowest BCUT2D eigenvalue weighted by Crippen LogP contribution is -2.21. The Morgan fingerprint density at radius 2 is 1.85 bits per heavy atom. The molecule has 1 aromatic heterocycles. The highest BCUT2D eigenvalue weighted by molar-refractivity contribution is 5.63. The molecule has 2 aromatic rings. The van der Waals surface area contributed by atoms with Crippen LogP contribution in [0.4, 0.5) is 0 Å². The van der Waals surface area contributed by atoms with Crippen molar-refractivity contribution in [2.24, 2.45) is 0 Å². The maximum Gasteiger partial charge on any atom is 0.119 e. The third-order valence-corrected chi connectivity index (χ3v) is 3.01. The van der Waals surface area contributed by atoms with Crippen LogP contribution >= 0.6 is 0 Å². The van der Waals surface area contributed by atoms with Gasteiger partial charge in [-0.15, -0.1) is 0 Å². The van der Waals surface area contributed by atoms with E-state index in [2.05, 4.69) is 42.3 Å². The quantitative estimate of drug-likeness (QED) is 0.870. The highest BCUT2D eigenvalue weighted by Crippen LogP contribution is 2.22. The zero-order valence-electron chi connectivity index (χ0n) is 12.4. The number of hydrogen-bond donors (Lipinski definition) is 1. The summed E-state index contributed by atoms with van der Waals surface area (Å²) in [4.78, 5) is 4.33. The van der Waals surface area contributed by atoms with E-state index >= 15 is 0 Å². The van der Waals surface area contributed by atoms with Crippen molar-refractivity contribution in [1.82, 2.24) is 10.3 Å². The average molecular weight is 270 g/mol. The Morgan fingerprint density at radius 3 is 2.50 bits per heavy atom. The fraction of sp³-hybridized carbons (Fsp3) is 0.353. The minimum absolute atomic E-state index is 0.476. The molecular weight excluding hydrogens is 248 g/mol. The first-order chi connectivity index (χ1) is 9.69. The number of rotatable bonds is 6. The molecule has 0 fully saturated rings. The summed E-state index contributed by atoms with van der Waals surface area (Å²) in [5, 5.41) is 3.41. The van der Waals surface area contributed by atoms with Gasteiger partial charge < -0.3 is 10.1 Å². The maximum atomic E-state index is 5.46. The molecule has 1 heterocycles. The lowest BCUT2D eigenvalue weighted by molar-refractivity contribution is 0.340. The van der Waals surface area contributed by atoms with Crippen LogP contribution in [0.5, 0.6) is 5.75 Å². The Balaban J connectivity index is 2.13. The summed E-state index contributed by atoms with van der Waals surface area (Å²) in [5.74, 6) is 0.904. The Bertz CT molecular complexity index is 535. The Hall–Kier alpha value is -1.87. The summed E-state index contributed by atoms with van der Waals surface area (Å²) in [5.41, 5.74) is 3.49. The first-order valence-electron chi connectivity index (χ1n) is 7.09. The van der Waals surface area contributed by atoms with E-state index in [-0.39, 0.29) is 0 Å². The van der Waals surface area contributed by atoms with E-state index in [4.69, 9.17) is 4.74 Å². The molecule has 0 aliphatic carbocycles. The van der Waals surface area contributed by atoms with Crippen molar-refractivity contribution < 1.29 is 4.74 Å². The van der Waals surface area contributed by atoms with Gasteiger partial charge in [-0.25, -0.2) is 0 Å². The van der Waals surface area contributed by atoms with Crippen LogP contribution in [0, 0.1) is 0 Å². The van der Waals surface area contributed by atoms with Crippen molar-refractivity contribution in [3.8, 4) is 16.9 Å². The lowest BCUT2D eigenvalue weighted by Gasteiger charge is -2.09. The molecule has 0 aliphatic heterocycles. The Labute approximate surface area is 121 Å². The number of pyridine rings is 1. The van der Waals surface area contributed by atoms with Crippen LogP contribution in [0.3, 0.4) is 0 Å². The van der Waals surface area contributed by atoms with Crippen molar-refractivity contribution in [3.63, 3.8) is 0 Å². The van der Waals surface area contributed by atoms with Crippen LogP contribution in [0.25, 0.3) is 11.1 Å². The van der Waals surface area contributed by atoms with Gasteiger partial charge in [0.2, 0.25) is 0 Å². The van der Waals surface area contributed by atoms with Crippen LogP contribution in [0.15, 0.2) is 42.7 Å². The summed E-state index contributed by atoms with van der Waals surface area (Å²) in [7, 11) is 0. The largest absolute Gasteiger partial charge is 0.494 e. The second kappa shape index (κ2) is 7.06. The zero-order valence-corrected chi connectivity index (χ0v) is 12.4. The van der Waals surface area contributed by atoms with Crippen molar-refractivity contribution in [1.29, 1.82) is 0 Å². The molecule has 0 amide bonds. The monoisotopic (exact) mass is 270 g/mol. The minimum atomic E-state index is 0.476. The number of aromatic nitrogens is 1. The molecule has 0 aliphatic rings. The number of nitrogens with zero attached hydrogens (tertiary/aromatic N) is 1. The molecule has 0 saturated carbocycles. The van der Waals surface area contributed by atoms with E-state index in [1.54, 1.807) is 0 Å². The van der Waals surface area contributed by atoms with Gasteiger partial charge in [0.05, 0.1) is 6.61 Å². The van der Waals surface area contributed by atoms with Gasteiger partial charge in [0.15, 0.2) is 0 Å². The molecule has 3 nitrogen and oxygen atoms in total. The van der Waals surface area contributed by atoms with Gasteiger partial charge in [0, 0.05) is 30.5 Å². The maximum absolute atomic E-state index is 5.46. The van der Waals surface area contributed by atoms with Crippen molar-refractivity contribution >= 4 is 0 Å². The highest BCUT2D eigenvalue weighted by Gasteiger charge is 2.02. The number of benzene rings is 1. The second-order valence-corrected chi connectivity index (χ2v) is 5.07. The van der Waals surface area contributed by atoms with Gasteiger partial charge in [0.25, 0.3) is 0 Å². The van der Waals surface area contributed by atoms with Gasteiger partial charge in [-0.1, -0.05) is 26.0 Å². The van der Waals surface area contributed by atoms with Crippen LogP contribution in [0.1, 0.15) is 26.3 Å². The number of ether oxygens (including phenoxy) is 1. The van der Waals surface area contributed by atoms with E-state index in [1.807, 2.05) is 31.5 Å². The first-order valence-corrected chi connectivity index (χ1v) is 7.09. The molecule has 0 bridgehead atoms. The van der Waals surface area contributed by atoms with Gasteiger partial charge in [-0.2, -0.15) is 0 Å². The van der Waals surface area contributed by atoms with E-state index in [9.17, 15) is 0 Å². The normalized spacial score (nSPS) is 10.8. The van der Waals surface area contributed by atoms with E-state index in [0.717, 1.165) is 23.4 Å². The van der Waals surface area contributed by atoms with Gasteiger partial charge in [-0.3, -0.25) is 4.98 Å². The third kappa shape index (κ3) is 4.07. The Kier molecular flexibility index (Phi) is 5.13. The molecular formula is C17H22N2O. The van der Waals surface area contributed by atoms with Crippen molar-refractivity contribution in [3.05, 3.63) is 48.3 Å². The fourth-order valence-electron chi connectivity index (χ4n) is 1.97. The summed E-state index contributed by atoms with van der Waals surface area (Å²) in [6, 6.07) is 10.8. The molecule has 20 heavy (non-hydrogen) atoms. The minimum Gasteiger partial charge on any atom is -0.494 e. The summed E-state index contributed by atoms with van der Waals surface area (Å²) >= 11 is 0. The molecule has 3 heteroatoms. The van der Waals surface area contributed by atoms with E-state index in [0.29, 0.717) is 12.6 Å². The van der Waals surface area contributed by atoms with Gasteiger partial charge >= 0.3 is 0 Å². The summed E-state index contributed by atoms with van der Waals surface area (Å²) in [6.07, 6.45) is 3.81. The fourth-order valence-corrected chi connectivity index (χ4v) is 1.97. The third-order valence-electron chi connectivity index (χ3n) is 3.01. The summed E-state index contributed by atoms with van der Waals surface area (Å²) in [6.45, 7) is 7.81. The topological polar surface area (TPSA) is 34.1 Å². The second-order valence-electron chi connectivity index (χ2n) is 5.07. The van der Waals surface area contributed by atoms with Crippen LogP contribution < -0.4 is 10.1 Å². The molecule has 0 saturated heterocycles. The van der Waals surface area contributed by atoms with Crippen molar-refractivity contribution in [2.45, 2.75) is 33.4 Å². The number of hydrogen-bond acceptors (Lipinski definition) is 3. The molecule has 0 atom stereocenters. The van der Waals surface area contributed by atoms with Gasteiger partial charge in [0.1, 0.15) is 5.75 Å². The number of nitrogens with one attached hydrogen (secondary N) is 1. The zero-order chi connectivity index (χ0) is 14.4. The molecule has 106 valence electrons. The molecule has 0 radical (unpaired) electrons. The Morgan fingerprint density at radius 1 is 1.10 bits per heavy atom. The first kappa shape index (κ1) is 14.5.